The molecule has 0 spiro atoms. The van der Waals surface area contributed by atoms with Gasteiger partial charge in [0.05, 0.1) is 29.0 Å². The minimum atomic E-state index is -4.66. The van der Waals surface area contributed by atoms with E-state index in [1.54, 1.807) is 0 Å². The first-order chi connectivity index (χ1) is 6.73. The summed E-state index contributed by atoms with van der Waals surface area (Å²) in [6.07, 6.45) is -0.735. The molecular weight excluding hydrogens is 345 g/mol. The second-order valence-corrected chi connectivity index (χ2v) is 5.04. The third-order valence-electron chi connectivity index (χ3n) is 1.58. The van der Waals surface area contributed by atoms with Crippen LogP contribution in [0.15, 0.2) is 0 Å². The topological polar surface area (TPSA) is 118 Å². The summed E-state index contributed by atoms with van der Waals surface area (Å²) in [7, 11) is -4.66. The van der Waals surface area contributed by atoms with E-state index in [4.69, 9.17) is 4.55 Å². The average molecular weight is 349 g/mol. The van der Waals surface area contributed by atoms with Crippen molar-refractivity contribution in [3.05, 3.63) is 0 Å². The minimum absolute atomic E-state index is 0.0349. The Morgan fingerprint density at radius 1 is 1.53 bits per heavy atom. The van der Waals surface area contributed by atoms with Crippen LogP contribution in [0.2, 0.25) is 0 Å². The van der Waals surface area contributed by atoms with Crippen molar-refractivity contribution in [3.63, 3.8) is 0 Å². The van der Waals surface area contributed by atoms with Crippen LogP contribution in [0.1, 0.15) is 6.42 Å². The van der Waals surface area contributed by atoms with Crippen molar-refractivity contribution in [2.45, 2.75) is 11.7 Å². The number of hydrogen-bond acceptors (Lipinski definition) is 6. The third-order valence-corrected chi connectivity index (χ3v) is 2.87. The van der Waals surface area contributed by atoms with Crippen molar-refractivity contribution in [2.75, 3.05) is 0 Å². The number of imide groups is 1. The van der Waals surface area contributed by atoms with Crippen molar-refractivity contribution >= 4 is 48.5 Å². The molecule has 1 aliphatic rings. The van der Waals surface area contributed by atoms with E-state index in [1.807, 2.05) is 0 Å². The summed E-state index contributed by atoms with van der Waals surface area (Å²) in [5.41, 5.74) is 0. The van der Waals surface area contributed by atoms with Gasteiger partial charge in [0.1, 0.15) is 0 Å². The first-order valence-electron chi connectivity index (χ1n) is 3.44. The Kier molecular flexibility index (Phi) is 3.30. The molecule has 84 valence electrons. The zero-order valence-corrected chi connectivity index (χ0v) is 9.89. The standard InChI is InChI=1S/C5H4INO7S/c6-5(10)14-7-3(8)1-2(4(7)9)15(11,12)13/h2H,1H2,(H,11,12,13). The van der Waals surface area contributed by atoms with E-state index in [-0.39, 0.29) is 5.06 Å². The van der Waals surface area contributed by atoms with Gasteiger partial charge in [0.25, 0.3) is 21.9 Å². The molecule has 0 bridgehead atoms. The second-order valence-electron chi connectivity index (χ2n) is 2.56. The monoisotopic (exact) mass is 349 g/mol. The molecule has 0 saturated carbocycles. The highest BCUT2D eigenvalue weighted by molar-refractivity contribution is 14.1. The molecule has 1 heterocycles. The Morgan fingerprint density at radius 3 is 2.40 bits per heavy atom. The number of carbonyl (C=O) groups excluding carboxylic acids is 3. The van der Waals surface area contributed by atoms with E-state index in [2.05, 4.69) is 4.84 Å². The molecule has 0 aromatic rings. The number of hydroxylamine groups is 2. The lowest BCUT2D eigenvalue weighted by molar-refractivity contribution is -0.168. The number of amides is 2. The minimum Gasteiger partial charge on any atom is -0.320 e. The highest BCUT2D eigenvalue weighted by Crippen LogP contribution is 2.20. The van der Waals surface area contributed by atoms with Crippen LogP contribution in [0.3, 0.4) is 0 Å². The Labute approximate surface area is 97.4 Å². The molecule has 0 aromatic carbocycles. The van der Waals surface area contributed by atoms with Crippen molar-refractivity contribution in [1.82, 2.24) is 5.06 Å². The average Bonchev–Trinajstić information content (AvgIpc) is 2.30. The zero-order valence-electron chi connectivity index (χ0n) is 6.91. The Morgan fingerprint density at radius 2 is 2.07 bits per heavy atom. The Bertz CT molecular complexity index is 429. The van der Waals surface area contributed by atoms with Crippen LogP contribution in [-0.4, -0.2) is 39.1 Å². The van der Waals surface area contributed by atoms with Gasteiger partial charge in [0.15, 0.2) is 5.25 Å². The Balaban J connectivity index is 2.94. The van der Waals surface area contributed by atoms with Crippen LogP contribution >= 0.6 is 22.6 Å². The fraction of sp³-hybridized carbons (Fsp3) is 0.400. The fourth-order valence-electron chi connectivity index (χ4n) is 0.983. The molecule has 1 N–H and O–H groups in total. The second kappa shape index (κ2) is 4.02. The number of carbonyl (C=O) groups is 3. The summed E-state index contributed by atoms with van der Waals surface area (Å²) >= 11 is 1.16. The van der Waals surface area contributed by atoms with Gasteiger partial charge in [-0.25, -0.2) is 4.79 Å². The smallest absolute Gasteiger partial charge is 0.320 e. The van der Waals surface area contributed by atoms with Crippen molar-refractivity contribution in [3.8, 4) is 0 Å². The highest BCUT2D eigenvalue weighted by Gasteiger charge is 2.48. The van der Waals surface area contributed by atoms with Crippen LogP contribution in [-0.2, 0) is 24.5 Å². The largest absolute Gasteiger partial charge is 0.391 e. The van der Waals surface area contributed by atoms with E-state index in [0.717, 1.165) is 22.6 Å². The molecule has 1 rings (SSSR count). The normalized spacial score (nSPS) is 22.0. The lowest BCUT2D eigenvalue weighted by Crippen LogP contribution is -2.35. The Hall–Kier alpha value is -0.750. The van der Waals surface area contributed by atoms with Gasteiger partial charge in [-0.1, -0.05) is 0 Å². The van der Waals surface area contributed by atoms with E-state index < -0.39 is 37.6 Å². The van der Waals surface area contributed by atoms with Crippen molar-refractivity contribution in [1.29, 1.82) is 0 Å². The van der Waals surface area contributed by atoms with E-state index in [1.165, 1.54) is 0 Å². The van der Waals surface area contributed by atoms with Crippen LogP contribution < -0.4 is 0 Å². The summed E-state index contributed by atoms with van der Waals surface area (Å²) in [5.74, 6) is -2.26. The SMILES string of the molecule is O=C(I)ON1C(=O)CC(S(=O)(=O)O)C1=O. The van der Waals surface area contributed by atoms with Gasteiger partial charge in [-0.3, -0.25) is 14.1 Å². The molecule has 1 fully saturated rings. The highest BCUT2D eigenvalue weighted by atomic mass is 127. The third kappa shape index (κ3) is 2.63. The predicted octanol–water partition coefficient (Wildman–Crippen LogP) is -0.512. The maximum absolute atomic E-state index is 11.2. The molecule has 10 heteroatoms. The molecule has 1 aliphatic heterocycles. The van der Waals surface area contributed by atoms with Gasteiger partial charge >= 0.3 is 3.98 Å². The maximum atomic E-state index is 11.2. The van der Waals surface area contributed by atoms with Gasteiger partial charge in [-0.15, -0.1) is 5.06 Å². The molecular formula is C5H4INO7S. The predicted molar refractivity (Wildman–Crippen MR) is 52.3 cm³/mol. The molecule has 8 nitrogen and oxygen atoms in total. The first kappa shape index (κ1) is 12.3. The number of nitrogens with zero attached hydrogens (tertiary/aromatic N) is 1. The summed E-state index contributed by atoms with van der Waals surface area (Å²) in [6, 6.07) is 0. The number of halogens is 1. The lowest BCUT2D eigenvalue weighted by Gasteiger charge is -2.10. The quantitative estimate of drug-likeness (QED) is 0.309. The lowest BCUT2D eigenvalue weighted by atomic mass is 10.4. The molecule has 0 aliphatic carbocycles. The van der Waals surface area contributed by atoms with Crippen molar-refractivity contribution < 1.29 is 32.2 Å². The molecule has 2 amide bonds. The van der Waals surface area contributed by atoms with Crippen LogP contribution in [0.5, 0.6) is 0 Å². The van der Waals surface area contributed by atoms with E-state index in [0.29, 0.717) is 0 Å². The maximum Gasteiger partial charge on any atom is 0.391 e. The molecule has 1 unspecified atom stereocenters. The summed E-state index contributed by atoms with van der Waals surface area (Å²) in [4.78, 5) is 36.8. The van der Waals surface area contributed by atoms with Crippen molar-refractivity contribution in [2.24, 2.45) is 0 Å². The molecule has 1 atom stereocenters. The summed E-state index contributed by atoms with van der Waals surface area (Å²) in [6.45, 7) is 0. The van der Waals surface area contributed by atoms with Gasteiger partial charge < -0.3 is 4.84 Å². The van der Waals surface area contributed by atoms with E-state index >= 15 is 0 Å². The van der Waals surface area contributed by atoms with Gasteiger partial charge in [-0.05, 0) is 0 Å². The van der Waals surface area contributed by atoms with Gasteiger partial charge in [0.2, 0.25) is 0 Å². The molecule has 1 saturated heterocycles. The molecule has 0 aromatic heterocycles. The summed E-state index contributed by atoms with van der Waals surface area (Å²) < 4.78 is 28.9. The van der Waals surface area contributed by atoms with Gasteiger partial charge in [0, 0.05) is 0 Å². The molecule has 15 heavy (non-hydrogen) atoms. The van der Waals surface area contributed by atoms with Gasteiger partial charge in [-0.2, -0.15) is 8.42 Å². The zero-order chi connectivity index (χ0) is 11.8. The molecule has 0 radical (unpaired) electrons. The van der Waals surface area contributed by atoms with E-state index in [9.17, 15) is 22.8 Å². The van der Waals surface area contributed by atoms with Crippen LogP contribution in [0.25, 0.3) is 0 Å². The van der Waals surface area contributed by atoms with Crippen LogP contribution in [0.4, 0.5) is 4.79 Å². The fourth-order valence-corrected chi connectivity index (χ4v) is 1.88. The number of rotatable bonds is 2. The first-order valence-corrected chi connectivity index (χ1v) is 6.02. The van der Waals surface area contributed by atoms with Crippen LogP contribution in [0, 0.1) is 0 Å². The summed E-state index contributed by atoms with van der Waals surface area (Å²) in [5, 5.41) is -1.85. The number of hydrogen-bond donors (Lipinski definition) is 1.